The van der Waals surface area contributed by atoms with E-state index in [1.54, 1.807) is 0 Å². The highest BCUT2D eigenvalue weighted by atomic mass is 79.9. The quantitative estimate of drug-likeness (QED) is 0.764. The Bertz CT molecular complexity index is 614. The van der Waals surface area contributed by atoms with Crippen molar-refractivity contribution in [3.63, 3.8) is 0 Å². The summed E-state index contributed by atoms with van der Waals surface area (Å²) in [6.45, 7) is -0.528. The molecule has 1 fully saturated rings. The van der Waals surface area contributed by atoms with Gasteiger partial charge in [-0.05, 0) is 28.1 Å². The standard InChI is InChI=1S/C13H13BrF2N2O4/c14-9-2-1-8(10(15)11(9)16)12(20)18-4-3-17(13(21)22)5-7(18)6-19/h1-2,7,19H,3-6H2,(H,21,22)/t7-/m1/s1. The van der Waals surface area contributed by atoms with Gasteiger partial charge in [0.2, 0.25) is 0 Å². The molecule has 1 saturated heterocycles. The smallest absolute Gasteiger partial charge is 0.407 e. The second-order valence-electron chi connectivity index (χ2n) is 4.79. The van der Waals surface area contributed by atoms with Crippen molar-refractivity contribution in [2.24, 2.45) is 0 Å². The topological polar surface area (TPSA) is 81.1 Å². The molecule has 0 unspecified atom stereocenters. The summed E-state index contributed by atoms with van der Waals surface area (Å²) in [6.07, 6.45) is -1.16. The van der Waals surface area contributed by atoms with Crippen LogP contribution in [0.25, 0.3) is 0 Å². The van der Waals surface area contributed by atoms with Crippen LogP contribution in [0.3, 0.4) is 0 Å². The van der Waals surface area contributed by atoms with E-state index in [0.717, 1.165) is 15.9 Å². The number of halogens is 3. The largest absolute Gasteiger partial charge is 0.465 e. The van der Waals surface area contributed by atoms with Crippen molar-refractivity contribution in [3.05, 3.63) is 33.8 Å². The molecule has 1 aromatic carbocycles. The zero-order valence-electron chi connectivity index (χ0n) is 11.3. The molecule has 1 heterocycles. The fourth-order valence-corrected chi connectivity index (χ4v) is 2.60. The van der Waals surface area contributed by atoms with Crippen LogP contribution in [0.5, 0.6) is 0 Å². The van der Waals surface area contributed by atoms with Crippen LogP contribution in [0, 0.1) is 11.6 Å². The molecule has 1 aliphatic rings. The Morgan fingerprint density at radius 1 is 1.27 bits per heavy atom. The molecule has 120 valence electrons. The fourth-order valence-electron chi connectivity index (χ4n) is 2.30. The first-order chi connectivity index (χ1) is 10.4. The van der Waals surface area contributed by atoms with Crippen molar-refractivity contribution in [2.75, 3.05) is 26.2 Å². The highest BCUT2D eigenvalue weighted by Crippen LogP contribution is 2.23. The van der Waals surface area contributed by atoms with E-state index < -0.39 is 41.8 Å². The van der Waals surface area contributed by atoms with Gasteiger partial charge in [0.25, 0.3) is 5.91 Å². The molecule has 2 rings (SSSR count). The highest BCUT2D eigenvalue weighted by molar-refractivity contribution is 9.10. The normalized spacial score (nSPS) is 18.5. The summed E-state index contributed by atoms with van der Waals surface area (Å²) >= 11 is 2.82. The van der Waals surface area contributed by atoms with Gasteiger partial charge < -0.3 is 20.0 Å². The van der Waals surface area contributed by atoms with Gasteiger partial charge in [0.1, 0.15) is 0 Å². The van der Waals surface area contributed by atoms with E-state index in [1.807, 2.05) is 0 Å². The Morgan fingerprint density at radius 3 is 2.55 bits per heavy atom. The number of nitrogens with zero attached hydrogens (tertiary/aromatic N) is 2. The van der Waals surface area contributed by atoms with Gasteiger partial charge in [-0.1, -0.05) is 0 Å². The Hall–Kier alpha value is -1.74. The van der Waals surface area contributed by atoms with Crippen molar-refractivity contribution >= 4 is 27.9 Å². The summed E-state index contributed by atoms with van der Waals surface area (Å²) in [7, 11) is 0. The molecule has 1 aromatic rings. The van der Waals surface area contributed by atoms with Crippen LogP contribution in [0.4, 0.5) is 13.6 Å². The second-order valence-corrected chi connectivity index (χ2v) is 5.64. The lowest BCUT2D eigenvalue weighted by molar-refractivity contribution is 0.0306. The number of aliphatic hydroxyl groups is 1. The van der Waals surface area contributed by atoms with Gasteiger partial charge in [-0.25, -0.2) is 13.6 Å². The number of rotatable bonds is 2. The molecule has 1 aliphatic heterocycles. The molecular formula is C13H13BrF2N2O4. The van der Waals surface area contributed by atoms with Crippen molar-refractivity contribution in [3.8, 4) is 0 Å². The van der Waals surface area contributed by atoms with Gasteiger partial charge in [-0.2, -0.15) is 0 Å². The predicted molar refractivity (Wildman–Crippen MR) is 75.6 cm³/mol. The van der Waals surface area contributed by atoms with Gasteiger partial charge in [-0.3, -0.25) is 4.79 Å². The Labute approximate surface area is 133 Å². The zero-order chi connectivity index (χ0) is 16.4. The molecular weight excluding hydrogens is 366 g/mol. The highest BCUT2D eigenvalue weighted by Gasteiger charge is 2.34. The van der Waals surface area contributed by atoms with Crippen molar-refractivity contribution in [1.82, 2.24) is 9.80 Å². The molecule has 22 heavy (non-hydrogen) atoms. The van der Waals surface area contributed by atoms with Gasteiger partial charge in [0, 0.05) is 19.6 Å². The lowest BCUT2D eigenvalue weighted by Crippen LogP contribution is -2.57. The third-order valence-electron chi connectivity index (χ3n) is 3.49. The summed E-state index contributed by atoms with van der Waals surface area (Å²) in [4.78, 5) is 25.5. The SMILES string of the molecule is O=C(O)N1CCN(C(=O)c2ccc(Br)c(F)c2F)[C@@H](CO)C1. The van der Waals surface area contributed by atoms with Crippen LogP contribution in [-0.2, 0) is 0 Å². The van der Waals surface area contributed by atoms with Crippen LogP contribution in [0.15, 0.2) is 16.6 Å². The van der Waals surface area contributed by atoms with E-state index >= 15 is 0 Å². The van der Waals surface area contributed by atoms with Crippen molar-refractivity contribution in [1.29, 1.82) is 0 Å². The number of piperazine rings is 1. The number of carboxylic acid groups (broad SMARTS) is 1. The number of hydrogen-bond acceptors (Lipinski definition) is 3. The number of carbonyl (C=O) groups excluding carboxylic acids is 1. The van der Waals surface area contributed by atoms with Gasteiger partial charge >= 0.3 is 6.09 Å². The van der Waals surface area contributed by atoms with E-state index in [-0.39, 0.29) is 24.1 Å². The number of benzene rings is 1. The van der Waals surface area contributed by atoms with Gasteiger partial charge in [0.05, 0.1) is 22.7 Å². The summed E-state index contributed by atoms with van der Waals surface area (Å²) in [6, 6.07) is 1.55. The average molecular weight is 379 g/mol. The molecule has 0 radical (unpaired) electrons. The minimum atomic E-state index is -1.28. The Balaban J connectivity index is 2.26. The Kier molecular flexibility index (Phi) is 4.97. The van der Waals surface area contributed by atoms with Crippen molar-refractivity contribution < 1.29 is 28.6 Å². The predicted octanol–water partition coefficient (Wildman–Crippen LogP) is 1.52. The van der Waals surface area contributed by atoms with Crippen molar-refractivity contribution in [2.45, 2.75) is 6.04 Å². The minimum absolute atomic E-state index is 0.00647. The molecule has 2 N–H and O–H groups in total. The van der Waals surface area contributed by atoms with Crippen LogP contribution < -0.4 is 0 Å². The van der Waals surface area contributed by atoms with Crippen LogP contribution >= 0.6 is 15.9 Å². The maximum Gasteiger partial charge on any atom is 0.407 e. The molecule has 0 aliphatic carbocycles. The maximum absolute atomic E-state index is 13.9. The maximum atomic E-state index is 13.9. The molecule has 0 bridgehead atoms. The molecule has 0 spiro atoms. The summed E-state index contributed by atoms with van der Waals surface area (Å²) in [5, 5.41) is 18.3. The monoisotopic (exact) mass is 378 g/mol. The van der Waals surface area contributed by atoms with E-state index in [4.69, 9.17) is 5.11 Å². The number of aliphatic hydroxyl groups excluding tert-OH is 1. The number of hydrogen-bond donors (Lipinski definition) is 2. The van der Waals surface area contributed by atoms with E-state index in [1.165, 1.54) is 6.07 Å². The summed E-state index contributed by atoms with van der Waals surface area (Å²) < 4.78 is 27.3. The van der Waals surface area contributed by atoms with Gasteiger partial charge in [-0.15, -0.1) is 0 Å². The first-order valence-electron chi connectivity index (χ1n) is 6.40. The van der Waals surface area contributed by atoms with Gasteiger partial charge in [0.15, 0.2) is 11.6 Å². The Morgan fingerprint density at radius 2 is 1.95 bits per heavy atom. The number of carbonyl (C=O) groups is 2. The van der Waals surface area contributed by atoms with E-state index in [9.17, 15) is 23.5 Å². The van der Waals surface area contributed by atoms with Crippen LogP contribution in [0.2, 0.25) is 0 Å². The molecule has 0 saturated carbocycles. The minimum Gasteiger partial charge on any atom is -0.465 e. The molecule has 6 nitrogen and oxygen atoms in total. The first-order valence-corrected chi connectivity index (χ1v) is 7.19. The van der Waals surface area contributed by atoms with Crippen LogP contribution in [-0.4, -0.2) is 64.3 Å². The van der Waals surface area contributed by atoms with E-state index in [0.29, 0.717) is 0 Å². The third kappa shape index (κ3) is 3.05. The third-order valence-corrected chi connectivity index (χ3v) is 4.10. The summed E-state index contributed by atoms with van der Waals surface area (Å²) in [5.74, 6) is -3.24. The average Bonchev–Trinajstić information content (AvgIpc) is 2.51. The molecule has 0 aromatic heterocycles. The molecule has 1 atom stereocenters. The zero-order valence-corrected chi connectivity index (χ0v) is 12.9. The second kappa shape index (κ2) is 6.57. The summed E-state index contributed by atoms with van der Waals surface area (Å²) in [5.41, 5.74) is -0.456. The molecule has 9 heteroatoms. The van der Waals surface area contributed by atoms with Crippen LogP contribution in [0.1, 0.15) is 10.4 Å². The van der Waals surface area contributed by atoms with E-state index in [2.05, 4.69) is 15.9 Å². The lowest BCUT2D eigenvalue weighted by atomic mass is 10.1. The fraction of sp³-hybridized carbons (Fsp3) is 0.385. The molecule has 2 amide bonds. The number of amides is 2. The lowest BCUT2D eigenvalue weighted by Gasteiger charge is -2.39. The first kappa shape index (κ1) is 16.6.